The van der Waals surface area contributed by atoms with Gasteiger partial charge in [-0.3, -0.25) is 4.99 Å². The molecule has 0 amide bonds. The predicted octanol–water partition coefficient (Wildman–Crippen LogP) is 2.62. The number of nitrogens with one attached hydrogen (secondary N) is 2. The fourth-order valence-corrected chi connectivity index (χ4v) is 2.79. The second-order valence-corrected chi connectivity index (χ2v) is 5.91. The Morgan fingerprint density at radius 2 is 2.27 bits per heavy atom. The highest BCUT2D eigenvalue weighted by molar-refractivity contribution is 7.10. The highest BCUT2D eigenvalue weighted by Crippen LogP contribution is 2.19. The molecule has 0 spiro atoms. The summed E-state index contributed by atoms with van der Waals surface area (Å²) in [6.07, 6.45) is 1.74. The van der Waals surface area contributed by atoms with Crippen LogP contribution in [0.5, 0.6) is 5.88 Å². The molecule has 2 aromatic rings. The van der Waals surface area contributed by atoms with Gasteiger partial charge in [0.05, 0.1) is 7.11 Å². The van der Waals surface area contributed by atoms with Crippen LogP contribution in [0.15, 0.2) is 40.8 Å². The first kappa shape index (κ1) is 16.3. The van der Waals surface area contributed by atoms with Gasteiger partial charge in [0.25, 0.3) is 0 Å². The molecule has 0 aliphatic carbocycles. The van der Waals surface area contributed by atoms with Gasteiger partial charge in [0.2, 0.25) is 5.88 Å². The second-order valence-electron chi connectivity index (χ2n) is 4.93. The Morgan fingerprint density at radius 1 is 1.41 bits per heavy atom. The molecule has 5 nitrogen and oxygen atoms in total. The minimum absolute atomic E-state index is 0.458. The van der Waals surface area contributed by atoms with Gasteiger partial charge >= 0.3 is 0 Å². The third-order valence-electron chi connectivity index (χ3n) is 3.30. The summed E-state index contributed by atoms with van der Waals surface area (Å²) in [4.78, 5) is 9.73. The lowest BCUT2D eigenvalue weighted by molar-refractivity contribution is 0.397. The molecule has 2 aromatic heterocycles. The summed E-state index contributed by atoms with van der Waals surface area (Å²) < 4.78 is 5.12. The maximum absolute atomic E-state index is 5.12. The topological polar surface area (TPSA) is 58.5 Å². The van der Waals surface area contributed by atoms with Gasteiger partial charge in [-0.15, -0.1) is 11.3 Å². The van der Waals surface area contributed by atoms with Crippen molar-refractivity contribution in [2.24, 2.45) is 4.99 Å². The molecule has 0 saturated carbocycles. The number of rotatable bonds is 6. The van der Waals surface area contributed by atoms with E-state index >= 15 is 0 Å². The standard InChI is InChI=1S/C16H22N4OS/c1-12(14-5-4-8-22-14)10-19-16(17-2)20-11-13-6-7-18-15(9-13)21-3/h4-9,12H,10-11H2,1-3H3,(H2,17,19,20). The van der Waals surface area contributed by atoms with E-state index < -0.39 is 0 Å². The lowest BCUT2D eigenvalue weighted by Crippen LogP contribution is -2.38. The zero-order chi connectivity index (χ0) is 15.8. The highest BCUT2D eigenvalue weighted by atomic mass is 32.1. The van der Waals surface area contributed by atoms with E-state index in [1.54, 1.807) is 31.7 Å². The van der Waals surface area contributed by atoms with Crippen molar-refractivity contribution in [3.63, 3.8) is 0 Å². The predicted molar refractivity (Wildman–Crippen MR) is 91.7 cm³/mol. The van der Waals surface area contributed by atoms with Gasteiger partial charge in [0.15, 0.2) is 5.96 Å². The minimum Gasteiger partial charge on any atom is -0.481 e. The van der Waals surface area contributed by atoms with E-state index in [4.69, 9.17) is 4.74 Å². The van der Waals surface area contributed by atoms with E-state index in [-0.39, 0.29) is 0 Å². The van der Waals surface area contributed by atoms with Crippen LogP contribution in [-0.4, -0.2) is 31.6 Å². The highest BCUT2D eigenvalue weighted by Gasteiger charge is 2.07. The number of nitrogens with zero attached hydrogens (tertiary/aromatic N) is 2. The minimum atomic E-state index is 0.458. The largest absolute Gasteiger partial charge is 0.481 e. The molecule has 22 heavy (non-hydrogen) atoms. The first-order valence-electron chi connectivity index (χ1n) is 7.19. The molecule has 2 heterocycles. The van der Waals surface area contributed by atoms with Gasteiger partial charge in [0.1, 0.15) is 0 Å². The Hall–Kier alpha value is -2.08. The zero-order valence-corrected chi connectivity index (χ0v) is 14.0. The summed E-state index contributed by atoms with van der Waals surface area (Å²) in [5.41, 5.74) is 1.10. The summed E-state index contributed by atoms with van der Waals surface area (Å²) in [5.74, 6) is 1.87. The van der Waals surface area contributed by atoms with Crippen LogP contribution in [0.25, 0.3) is 0 Å². The number of hydrogen-bond donors (Lipinski definition) is 2. The number of hydrogen-bond acceptors (Lipinski definition) is 4. The molecule has 118 valence electrons. The average Bonchev–Trinajstić information content (AvgIpc) is 3.09. The van der Waals surface area contributed by atoms with Gasteiger partial charge in [0, 0.05) is 43.2 Å². The van der Waals surface area contributed by atoms with Crippen LogP contribution in [0.3, 0.4) is 0 Å². The number of methoxy groups -OCH3 is 1. The Labute approximate surface area is 135 Å². The summed E-state index contributed by atoms with van der Waals surface area (Å²) in [5, 5.41) is 8.76. The number of aliphatic imine (C=N–C) groups is 1. The van der Waals surface area contributed by atoms with E-state index in [2.05, 4.69) is 45.0 Å². The van der Waals surface area contributed by atoms with Gasteiger partial charge in [-0.05, 0) is 23.1 Å². The molecule has 0 bridgehead atoms. The number of thiophene rings is 1. The van der Waals surface area contributed by atoms with E-state index in [0.717, 1.165) is 18.1 Å². The van der Waals surface area contributed by atoms with E-state index in [0.29, 0.717) is 18.3 Å². The van der Waals surface area contributed by atoms with Crippen molar-refractivity contribution in [1.29, 1.82) is 0 Å². The number of pyridine rings is 1. The van der Waals surface area contributed by atoms with Crippen LogP contribution in [0.4, 0.5) is 0 Å². The molecule has 0 saturated heterocycles. The Balaban J connectivity index is 1.82. The van der Waals surface area contributed by atoms with Crippen LogP contribution >= 0.6 is 11.3 Å². The molecule has 0 aliphatic rings. The molecule has 0 aliphatic heterocycles. The molecule has 1 atom stereocenters. The maximum Gasteiger partial charge on any atom is 0.213 e. The molecule has 6 heteroatoms. The van der Waals surface area contributed by atoms with Crippen molar-refractivity contribution < 1.29 is 4.74 Å². The lowest BCUT2D eigenvalue weighted by atomic mass is 10.1. The lowest BCUT2D eigenvalue weighted by Gasteiger charge is -2.15. The third-order valence-corrected chi connectivity index (χ3v) is 4.40. The van der Waals surface area contributed by atoms with Gasteiger partial charge in [-0.25, -0.2) is 4.98 Å². The Morgan fingerprint density at radius 3 is 2.95 bits per heavy atom. The van der Waals surface area contributed by atoms with Gasteiger partial charge in [-0.1, -0.05) is 13.0 Å². The quantitative estimate of drug-likeness (QED) is 0.635. The molecule has 2 N–H and O–H groups in total. The summed E-state index contributed by atoms with van der Waals surface area (Å²) >= 11 is 1.78. The molecule has 0 aromatic carbocycles. The Bertz CT molecular complexity index is 598. The van der Waals surface area contributed by atoms with E-state index in [1.165, 1.54) is 4.88 Å². The first-order chi connectivity index (χ1) is 10.7. The van der Waals surface area contributed by atoms with Crippen LogP contribution in [0.2, 0.25) is 0 Å². The molecule has 2 rings (SSSR count). The van der Waals surface area contributed by atoms with Crippen molar-refractivity contribution >= 4 is 17.3 Å². The summed E-state index contributed by atoms with van der Waals surface area (Å²) in [7, 11) is 3.39. The SMILES string of the molecule is CN=C(NCc1ccnc(OC)c1)NCC(C)c1cccs1. The molecular formula is C16H22N4OS. The maximum atomic E-state index is 5.12. The summed E-state index contributed by atoms with van der Waals surface area (Å²) in [6.45, 7) is 3.73. The van der Waals surface area contributed by atoms with Crippen molar-refractivity contribution in [2.45, 2.75) is 19.4 Å². The third kappa shape index (κ3) is 4.73. The summed E-state index contributed by atoms with van der Waals surface area (Å²) in [6, 6.07) is 8.11. The molecular weight excluding hydrogens is 296 g/mol. The molecule has 0 fully saturated rings. The monoisotopic (exact) mass is 318 g/mol. The van der Waals surface area contributed by atoms with Crippen molar-refractivity contribution in [2.75, 3.05) is 20.7 Å². The van der Waals surface area contributed by atoms with Crippen LogP contribution < -0.4 is 15.4 Å². The van der Waals surface area contributed by atoms with Gasteiger partial charge < -0.3 is 15.4 Å². The van der Waals surface area contributed by atoms with Crippen molar-refractivity contribution in [1.82, 2.24) is 15.6 Å². The van der Waals surface area contributed by atoms with Crippen LogP contribution in [-0.2, 0) is 6.54 Å². The molecule has 0 radical (unpaired) electrons. The molecule has 1 unspecified atom stereocenters. The van der Waals surface area contributed by atoms with Crippen LogP contribution in [0.1, 0.15) is 23.3 Å². The normalized spacial score (nSPS) is 12.8. The number of guanidine groups is 1. The van der Waals surface area contributed by atoms with Crippen LogP contribution in [0, 0.1) is 0 Å². The van der Waals surface area contributed by atoms with E-state index in [9.17, 15) is 0 Å². The fraction of sp³-hybridized carbons (Fsp3) is 0.375. The van der Waals surface area contributed by atoms with Crippen molar-refractivity contribution in [3.05, 3.63) is 46.3 Å². The second kappa shape index (κ2) is 8.38. The zero-order valence-electron chi connectivity index (χ0n) is 13.2. The van der Waals surface area contributed by atoms with Crippen molar-refractivity contribution in [3.8, 4) is 5.88 Å². The smallest absolute Gasteiger partial charge is 0.213 e. The first-order valence-corrected chi connectivity index (χ1v) is 8.07. The van der Waals surface area contributed by atoms with E-state index in [1.807, 2.05) is 12.1 Å². The number of aromatic nitrogens is 1. The fourth-order valence-electron chi connectivity index (χ4n) is 2.00. The average molecular weight is 318 g/mol. The Kier molecular flexibility index (Phi) is 6.21. The van der Waals surface area contributed by atoms with Gasteiger partial charge in [-0.2, -0.15) is 0 Å². The number of ether oxygens (including phenoxy) is 1.